The Labute approximate surface area is 197 Å². The van der Waals surface area contributed by atoms with Gasteiger partial charge in [0, 0.05) is 34.9 Å². The highest BCUT2D eigenvalue weighted by molar-refractivity contribution is 7.09. The van der Waals surface area contributed by atoms with Crippen molar-refractivity contribution >= 4 is 11.3 Å². The van der Waals surface area contributed by atoms with Crippen LogP contribution in [0.4, 0.5) is 0 Å². The maximum absolute atomic E-state index is 13.4. The van der Waals surface area contributed by atoms with Crippen LogP contribution in [0.3, 0.4) is 0 Å². The Bertz CT molecular complexity index is 1370. The molecule has 0 aliphatic carbocycles. The Balaban J connectivity index is 1.73. The standard InChI is InChI=1S/C25H27N5O2S/c1-14(2)24-27-10-8-21(29-24)22-11-20(7-9-26-22)30-17(5)15(3)23(16(4)25(30)31)32-12-19-13-33-18(6)28-19/h7-11,13-14H,12H2,1-6H3. The second-order valence-electron chi connectivity index (χ2n) is 8.31. The molecule has 0 spiro atoms. The van der Waals surface area contributed by atoms with E-state index in [1.165, 1.54) is 0 Å². The Morgan fingerprint density at radius 1 is 1.00 bits per heavy atom. The molecule has 0 N–H and O–H groups in total. The highest BCUT2D eigenvalue weighted by Gasteiger charge is 2.18. The van der Waals surface area contributed by atoms with E-state index < -0.39 is 0 Å². The summed E-state index contributed by atoms with van der Waals surface area (Å²) in [4.78, 5) is 31.3. The number of ether oxygens (including phenoxy) is 1. The normalized spacial score (nSPS) is 11.2. The molecule has 8 heteroatoms. The first kappa shape index (κ1) is 22.8. The number of pyridine rings is 2. The second-order valence-corrected chi connectivity index (χ2v) is 9.37. The molecule has 4 aromatic heterocycles. The van der Waals surface area contributed by atoms with Gasteiger partial charge in [-0.15, -0.1) is 11.3 Å². The monoisotopic (exact) mass is 461 g/mol. The zero-order chi connectivity index (χ0) is 23.7. The highest BCUT2D eigenvalue weighted by Crippen LogP contribution is 2.27. The number of hydrogen-bond donors (Lipinski definition) is 0. The first-order valence-corrected chi connectivity index (χ1v) is 11.7. The van der Waals surface area contributed by atoms with Gasteiger partial charge < -0.3 is 4.74 Å². The van der Waals surface area contributed by atoms with E-state index >= 15 is 0 Å². The third-order valence-corrected chi connectivity index (χ3v) is 6.39. The third-order valence-electron chi connectivity index (χ3n) is 5.57. The smallest absolute Gasteiger partial charge is 0.261 e. The molecular weight excluding hydrogens is 434 g/mol. The van der Waals surface area contributed by atoms with E-state index in [0.717, 1.165) is 39.2 Å². The van der Waals surface area contributed by atoms with E-state index in [2.05, 4.69) is 33.8 Å². The van der Waals surface area contributed by atoms with Crippen LogP contribution in [-0.4, -0.2) is 24.5 Å². The molecule has 0 atom stereocenters. The molecule has 0 aromatic carbocycles. The molecule has 0 unspecified atom stereocenters. The number of thiazole rings is 1. The molecular formula is C25H27N5O2S. The van der Waals surface area contributed by atoms with Crippen LogP contribution in [0.2, 0.25) is 0 Å². The molecule has 4 aromatic rings. The Morgan fingerprint density at radius 3 is 2.45 bits per heavy atom. The van der Waals surface area contributed by atoms with Crippen LogP contribution in [0.5, 0.6) is 5.75 Å². The van der Waals surface area contributed by atoms with Crippen molar-refractivity contribution in [1.29, 1.82) is 0 Å². The van der Waals surface area contributed by atoms with Gasteiger partial charge in [-0.2, -0.15) is 0 Å². The predicted octanol–water partition coefficient (Wildman–Crippen LogP) is 5.08. The minimum atomic E-state index is -0.120. The molecule has 0 saturated carbocycles. The van der Waals surface area contributed by atoms with Gasteiger partial charge in [0.15, 0.2) is 0 Å². The molecule has 4 rings (SSSR count). The van der Waals surface area contributed by atoms with Crippen LogP contribution in [0.15, 0.2) is 40.8 Å². The number of aryl methyl sites for hydroxylation is 1. The van der Waals surface area contributed by atoms with Crippen LogP contribution >= 0.6 is 11.3 Å². The van der Waals surface area contributed by atoms with Crippen molar-refractivity contribution in [1.82, 2.24) is 24.5 Å². The minimum Gasteiger partial charge on any atom is -0.486 e. The summed E-state index contributed by atoms with van der Waals surface area (Å²) < 4.78 is 7.76. The van der Waals surface area contributed by atoms with E-state index in [1.807, 2.05) is 44.4 Å². The topological polar surface area (TPSA) is 82.8 Å². The van der Waals surface area contributed by atoms with Crippen LogP contribution in [0, 0.1) is 27.7 Å². The molecule has 170 valence electrons. The van der Waals surface area contributed by atoms with Crippen LogP contribution in [0.25, 0.3) is 17.1 Å². The van der Waals surface area contributed by atoms with Gasteiger partial charge in [-0.1, -0.05) is 13.8 Å². The zero-order valence-electron chi connectivity index (χ0n) is 19.7. The largest absolute Gasteiger partial charge is 0.486 e. The van der Waals surface area contributed by atoms with Crippen LogP contribution in [0.1, 0.15) is 53.1 Å². The Morgan fingerprint density at radius 2 is 1.76 bits per heavy atom. The molecule has 0 saturated heterocycles. The lowest BCUT2D eigenvalue weighted by Crippen LogP contribution is -2.25. The van der Waals surface area contributed by atoms with E-state index in [9.17, 15) is 4.79 Å². The molecule has 4 heterocycles. The SMILES string of the molecule is Cc1nc(COc2c(C)c(C)n(-c3ccnc(-c4ccnc(C(C)C)n4)c3)c(=O)c2C)cs1. The molecule has 0 fully saturated rings. The Hall–Kier alpha value is -3.39. The van der Waals surface area contributed by atoms with Crippen molar-refractivity contribution in [2.45, 2.75) is 54.1 Å². The summed E-state index contributed by atoms with van der Waals surface area (Å²) in [6.07, 6.45) is 3.45. The van der Waals surface area contributed by atoms with Gasteiger partial charge in [-0.05, 0) is 45.9 Å². The molecule has 0 bridgehead atoms. The number of nitrogens with zero attached hydrogens (tertiary/aromatic N) is 5. The highest BCUT2D eigenvalue weighted by atomic mass is 32.1. The fourth-order valence-corrected chi connectivity index (χ4v) is 4.27. The van der Waals surface area contributed by atoms with Crippen molar-refractivity contribution in [2.75, 3.05) is 0 Å². The van der Waals surface area contributed by atoms with E-state index in [0.29, 0.717) is 23.6 Å². The summed E-state index contributed by atoms with van der Waals surface area (Å²) in [5.41, 5.74) is 5.20. The Kier molecular flexibility index (Phi) is 6.37. The maximum atomic E-state index is 13.4. The average Bonchev–Trinajstić information content (AvgIpc) is 3.23. The van der Waals surface area contributed by atoms with Gasteiger partial charge in [-0.3, -0.25) is 14.3 Å². The first-order valence-electron chi connectivity index (χ1n) is 10.8. The minimum absolute atomic E-state index is 0.120. The van der Waals surface area contributed by atoms with E-state index in [-0.39, 0.29) is 11.5 Å². The van der Waals surface area contributed by atoms with Crippen molar-refractivity contribution in [3.63, 3.8) is 0 Å². The summed E-state index contributed by atoms with van der Waals surface area (Å²) in [6, 6.07) is 5.56. The molecule has 0 aliphatic heterocycles. The summed E-state index contributed by atoms with van der Waals surface area (Å²) in [6.45, 7) is 12.1. The number of aromatic nitrogens is 5. The molecule has 7 nitrogen and oxygen atoms in total. The van der Waals surface area contributed by atoms with Crippen molar-refractivity contribution in [2.24, 2.45) is 0 Å². The van der Waals surface area contributed by atoms with Gasteiger partial charge in [0.1, 0.15) is 18.2 Å². The third kappa shape index (κ3) is 4.57. The van der Waals surface area contributed by atoms with Crippen LogP contribution in [-0.2, 0) is 6.61 Å². The predicted molar refractivity (Wildman–Crippen MR) is 130 cm³/mol. The van der Waals surface area contributed by atoms with Gasteiger partial charge in [0.25, 0.3) is 5.56 Å². The van der Waals surface area contributed by atoms with Crippen LogP contribution < -0.4 is 10.3 Å². The lowest BCUT2D eigenvalue weighted by molar-refractivity contribution is 0.296. The van der Waals surface area contributed by atoms with Gasteiger partial charge >= 0.3 is 0 Å². The van der Waals surface area contributed by atoms with Crippen molar-refractivity contribution in [3.8, 4) is 22.8 Å². The quantitative estimate of drug-likeness (QED) is 0.398. The summed E-state index contributed by atoms with van der Waals surface area (Å²) in [7, 11) is 0. The first-order chi connectivity index (χ1) is 15.8. The molecule has 0 radical (unpaired) electrons. The lowest BCUT2D eigenvalue weighted by atomic mass is 10.1. The van der Waals surface area contributed by atoms with Gasteiger partial charge in [-0.25, -0.2) is 15.0 Å². The van der Waals surface area contributed by atoms with Gasteiger partial charge in [0.05, 0.1) is 33.3 Å². The number of rotatable bonds is 6. The zero-order valence-corrected chi connectivity index (χ0v) is 20.5. The summed E-state index contributed by atoms with van der Waals surface area (Å²) in [5, 5.41) is 2.97. The van der Waals surface area contributed by atoms with Crippen molar-refractivity contribution in [3.05, 3.63) is 79.7 Å². The summed E-state index contributed by atoms with van der Waals surface area (Å²) in [5.74, 6) is 1.59. The lowest BCUT2D eigenvalue weighted by Gasteiger charge is -2.19. The fraction of sp³-hybridized carbons (Fsp3) is 0.320. The average molecular weight is 462 g/mol. The summed E-state index contributed by atoms with van der Waals surface area (Å²) >= 11 is 1.58. The number of hydrogen-bond acceptors (Lipinski definition) is 7. The molecule has 0 aliphatic rings. The van der Waals surface area contributed by atoms with E-state index in [1.54, 1.807) is 35.2 Å². The van der Waals surface area contributed by atoms with Crippen molar-refractivity contribution < 1.29 is 4.74 Å². The molecule has 0 amide bonds. The maximum Gasteiger partial charge on any atom is 0.261 e. The molecule has 33 heavy (non-hydrogen) atoms. The second kappa shape index (κ2) is 9.23. The van der Waals surface area contributed by atoms with Gasteiger partial charge in [0.2, 0.25) is 0 Å². The fourth-order valence-electron chi connectivity index (χ4n) is 3.67. The van der Waals surface area contributed by atoms with E-state index in [4.69, 9.17) is 4.74 Å².